The molecule has 4 atom stereocenters. The number of phenolic OH excluding ortho intramolecular Hbond substituents is 1. The Kier molecular flexibility index (Phi) is 4.05. The molecule has 152 valence electrons. The average molecular weight is 402 g/mol. The number of piperidine rings is 1. The topological polar surface area (TPSA) is 70.9 Å². The SMILES string of the molecule is C=C(c1cnc(-c2cc3ccncc3cc2O)cn1)[C@H]1C[C@]2(C)C=C[C@@](C)(N2)[C@@H]1F. The van der Waals surface area contributed by atoms with Crippen LogP contribution in [0.3, 0.4) is 0 Å². The first-order valence-electron chi connectivity index (χ1n) is 10.0. The second kappa shape index (κ2) is 6.44. The molecule has 6 heteroatoms. The van der Waals surface area contributed by atoms with E-state index >= 15 is 4.39 Å². The van der Waals surface area contributed by atoms with E-state index in [1.807, 2.05) is 25.1 Å². The van der Waals surface area contributed by atoms with Gasteiger partial charge < -0.3 is 5.11 Å². The van der Waals surface area contributed by atoms with Crippen LogP contribution < -0.4 is 5.32 Å². The molecular weight excluding hydrogens is 379 g/mol. The zero-order valence-electron chi connectivity index (χ0n) is 16.9. The summed E-state index contributed by atoms with van der Waals surface area (Å²) in [5.74, 6) is -0.236. The number of rotatable bonds is 3. The summed E-state index contributed by atoms with van der Waals surface area (Å²) < 4.78 is 15.3. The number of hydrogen-bond donors (Lipinski definition) is 2. The van der Waals surface area contributed by atoms with Crippen molar-refractivity contribution in [1.82, 2.24) is 20.3 Å². The normalized spacial score (nSPS) is 30.0. The summed E-state index contributed by atoms with van der Waals surface area (Å²) in [6, 6.07) is 5.41. The second-order valence-electron chi connectivity index (χ2n) is 8.78. The standard InChI is InChI=1S/C24H23FN4O/c1-14(18-10-23(2)5-6-24(3,29-23)22(18)25)19-12-28-20(13-27-19)17-8-15-4-7-26-11-16(15)9-21(17)30/h4-9,11-13,18,22,29-30H,1,10H2,2-3H3/t18-,22-,23+,24-/m1/s1. The van der Waals surface area contributed by atoms with Gasteiger partial charge >= 0.3 is 0 Å². The van der Waals surface area contributed by atoms with Gasteiger partial charge in [0.25, 0.3) is 0 Å². The van der Waals surface area contributed by atoms with Crippen LogP contribution in [0.25, 0.3) is 27.6 Å². The van der Waals surface area contributed by atoms with Gasteiger partial charge in [-0.25, -0.2) is 4.39 Å². The molecule has 2 N–H and O–H groups in total. The summed E-state index contributed by atoms with van der Waals surface area (Å²) in [5.41, 5.74) is 1.42. The van der Waals surface area contributed by atoms with E-state index in [9.17, 15) is 5.11 Å². The van der Waals surface area contributed by atoms with Crippen molar-refractivity contribution in [2.24, 2.45) is 5.92 Å². The van der Waals surface area contributed by atoms with Crippen molar-refractivity contribution < 1.29 is 9.50 Å². The average Bonchev–Trinajstić information content (AvgIpc) is 3.02. The van der Waals surface area contributed by atoms with E-state index in [1.54, 1.807) is 30.9 Å². The highest BCUT2D eigenvalue weighted by atomic mass is 19.1. The lowest BCUT2D eigenvalue weighted by Gasteiger charge is -2.45. The molecule has 0 saturated carbocycles. The Bertz CT molecular complexity index is 1190. The molecular formula is C24H23FN4O. The molecule has 0 unspecified atom stereocenters. The van der Waals surface area contributed by atoms with Gasteiger partial charge in [-0.3, -0.25) is 20.3 Å². The predicted octanol–water partition coefficient (Wildman–Crippen LogP) is 4.45. The fraction of sp³-hybridized carbons (Fsp3) is 0.292. The summed E-state index contributed by atoms with van der Waals surface area (Å²) in [4.78, 5) is 13.1. The first-order chi connectivity index (χ1) is 14.3. The van der Waals surface area contributed by atoms with Gasteiger partial charge in [0, 0.05) is 34.8 Å². The Hall–Kier alpha value is -3.12. The number of aromatic nitrogens is 3. The lowest BCUT2D eigenvalue weighted by molar-refractivity contribution is 0.0913. The van der Waals surface area contributed by atoms with Crippen LogP contribution in [0.1, 0.15) is 26.0 Å². The van der Waals surface area contributed by atoms with Gasteiger partial charge in [0.1, 0.15) is 11.9 Å². The first kappa shape index (κ1) is 18.9. The highest BCUT2D eigenvalue weighted by molar-refractivity contribution is 5.89. The Balaban J connectivity index is 1.44. The number of nitrogens with zero attached hydrogens (tertiary/aromatic N) is 3. The first-order valence-corrected chi connectivity index (χ1v) is 10.0. The molecule has 1 fully saturated rings. The van der Waals surface area contributed by atoms with E-state index < -0.39 is 11.7 Å². The lowest BCUT2D eigenvalue weighted by atomic mass is 9.74. The van der Waals surface area contributed by atoms with Gasteiger partial charge in [0.2, 0.25) is 0 Å². The van der Waals surface area contributed by atoms with Crippen LogP contribution in [-0.2, 0) is 0 Å². The lowest BCUT2D eigenvalue weighted by Crippen LogP contribution is -2.61. The van der Waals surface area contributed by atoms with Crippen LogP contribution >= 0.6 is 0 Å². The van der Waals surface area contributed by atoms with E-state index in [4.69, 9.17) is 0 Å². The number of pyridine rings is 1. The van der Waals surface area contributed by atoms with Crippen molar-refractivity contribution in [2.75, 3.05) is 0 Å². The van der Waals surface area contributed by atoms with Crippen LogP contribution in [0.15, 0.2) is 61.7 Å². The molecule has 0 spiro atoms. The summed E-state index contributed by atoms with van der Waals surface area (Å²) in [6.45, 7) is 8.12. The molecule has 5 rings (SSSR count). The van der Waals surface area contributed by atoms with Gasteiger partial charge in [-0.2, -0.15) is 0 Å². The third-order valence-corrected chi connectivity index (χ3v) is 6.38. The molecule has 2 aliphatic rings. The monoisotopic (exact) mass is 402 g/mol. The Morgan fingerprint density at radius 1 is 1.17 bits per heavy atom. The molecule has 0 aliphatic carbocycles. The summed E-state index contributed by atoms with van der Waals surface area (Å²) in [5, 5.41) is 15.6. The minimum Gasteiger partial charge on any atom is -0.507 e. The van der Waals surface area contributed by atoms with E-state index in [0.717, 1.165) is 10.8 Å². The molecule has 2 aliphatic heterocycles. The number of aromatic hydroxyl groups is 1. The van der Waals surface area contributed by atoms with Crippen molar-refractivity contribution in [3.05, 3.63) is 67.4 Å². The maximum atomic E-state index is 15.3. The minimum atomic E-state index is -1.10. The smallest absolute Gasteiger partial charge is 0.128 e. The summed E-state index contributed by atoms with van der Waals surface area (Å²) in [6.07, 6.45) is 10.1. The minimum absolute atomic E-state index is 0.113. The summed E-state index contributed by atoms with van der Waals surface area (Å²) in [7, 11) is 0. The van der Waals surface area contributed by atoms with Crippen LogP contribution in [0.4, 0.5) is 4.39 Å². The molecule has 0 radical (unpaired) electrons. The molecule has 1 aromatic carbocycles. The van der Waals surface area contributed by atoms with Gasteiger partial charge in [0.05, 0.1) is 29.3 Å². The fourth-order valence-corrected chi connectivity index (χ4v) is 4.77. The molecule has 4 heterocycles. The van der Waals surface area contributed by atoms with Crippen molar-refractivity contribution in [3.63, 3.8) is 0 Å². The number of benzene rings is 1. The fourth-order valence-electron chi connectivity index (χ4n) is 4.77. The van der Waals surface area contributed by atoms with Gasteiger partial charge in [0.15, 0.2) is 0 Å². The van der Waals surface area contributed by atoms with Crippen molar-refractivity contribution in [3.8, 4) is 17.0 Å². The molecule has 5 nitrogen and oxygen atoms in total. The number of nitrogens with one attached hydrogen (secondary N) is 1. The van der Waals surface area contributed by atoms with Crippen LogP contribution in [0.5, 0.6) is 5.75 Å². The second-order valence-corrected chi connectivity index (χ2v) is 8.78. The zero-order valence-corrected chi connectivity index (χ0v) is 16.9. The summed E-state index contributed by atoms with van der Waals surface area (Å²) >= 11 is 0. The molecule has 1 saturated heterocycles. The maximum absolute atomic E-state index is 15.3. The molecule has 2 bridgehead atoms. The van der Waals surface area contributed by atoms with Crippen molar-refractivity contribution in [1.29, 1.82) is 0 Å². The predicted molar refractivity (Wildman–Crippen MR) is 116 cm³/mol. The van der Waals surface area contributed by atoms with Gasteiger partial charge in [-0.1, -0.05) is 18.7 Å². The third-order valence-electron chi connectivity index (χ3n) is 6.38. The molecule has 2 aromatic heterocycles. The maximum Gasteiger partial charge on any atom is 0.128 e. The number of halogens is 1. The molecule has 0 amide bonds. The number of phenols is 1. The largest absolute Gasteiger partial charge is 0.507 e. The third kappa shape index (κ3) is 2.91. The van der Waals surface area contributed by atoms with Gasteiger partial charge in [-0.15, -0.1) is 0 Å². The Morgan fingerprint density at radius 2 is 2.00 bits per heavy atom. The number of fused-ring (bicyclic) bond motifs is 3. The zero-order chi connectivity index (χ0) is 21.1. The Morgan fingerprint density at radius 3 is 2.77 bits per heavy atom. The van der Waals surface area contributed by atoms with Gasteiger partial charge in [-0.05, 0) is 49.4 Å². The van der Waals surface area contributed by atoms with Crippen LogP contribution in [0, 0.1) is 5.92 Å². The Labute approximate surface area is 174 Å². The highest BCUT2D eigenvalue weighted by Crippen LogP contribution is 2.46. The van der Waals surface area contributed by atoms with E-state index in [-0.39, 0.29) is 17.2 Å². The number of hydrogen-bond acceptors (Lipinski definition) is 5. The number of allylic oxidation sites excluding steroid dienone is 1. The van der Waals surface area contributed by atoms with E-state index in [0.29, 0.717) is 28.9 Å². The number of alkyl halides is 1. The van der Waals surface area contributed by atoms with Crippen LogP contribution in [-0.4, -0.2) is 37.3 Å². The van der Waals surface area contributed by atoms with Crippen LogP contribution in [0.2, 0.25) is 0 Å². The van der Waals surface area contributed by atoms with E-state index in [1.165, 1.54) is 0 Å². The van der Waals surface area contributed by atoms with Crippen molar-refractivity contribution in [2.45, 2.75) is 37.5 Å². The highest BCUT2D eigenvalue weighted by Gasteiger charge is 2.52. The molecule has 3 aromatic rings. The van der Waals surface area contributed by atoms with E-state index in [2.05, 4.69) is 39.8 Å². The molecule has 30 heavy (non-hydrogen) atoms. The quantitative estimate of drug-likeness (QED) is 0.634. The van der Waals surface area contributed by atoms with Crippen molar-refractivity contribution >= 4 is 16.3 Å².